The topological polar surface area (TPSA) is 88.6 Å². The van der Waals surface area contributed by atoms with Crippen molar-refractivity contribution in [2.75, 3.05) is 39.9 Å². The molecule has 3 heterocycles. The van der Waals surface area contributed by atoms with E-state index in [4.69, 9.17) is 0 Å². The summed E-state index contributed by atoms with van der Waals surface area (Å²) in [6.45, 7) is 1.87. The molecule has 0 unspecified atom stereocenters. The molecule has 22 heavy (non-hydrogen) atoms. The van der Waals surface area contributed by atoms with Gasteiger partial charge in [0.1, 0.15) is 13.0 Å². The summed E-state index contributed by atoms with van der Waals surface area (Å²) in [5, 5.41) is 7.48. The van der Waals surface area contributed by atoms with E-state index in [1.165, 1.54) is 6.33 Å². The van der Waals surface area contributed by atoms with E-state index < -0.39 is 12.4 Å². The first-order valence-electron chi connectivity index (χ1n) is 6.96. The van der Waals surface area contributed by atoms with Gasteiger partial charge in [-0.2, -0.15) is 4.68 Å². The molecule has 1 amide bonds. The highest BCUT2D eigenvalue weighted by Gasteiger charge is 2.25. The molecule has 1 saturated heterocycles. The summed E-state index contributed by atoms with van der Waals surface area (Å²) in [6, 6.07) is 0. The number of hydrogen-bond acceptors (Lipinski definition) is 6. The molecule has 10 heteroatoms. The molecule has 1 aliphatic rings. The van der Waals surface area contributed by atoms with Crippen LogP contribution in [0.25, 0.3) is 5.65 Å². The summed E-state index contributed by atoms with van der Waals surface area (Å²) >= 11 is 0. The monoisotopic (exact) mass is 309 g/mol. The number of hydrogen-bond donors (Lipinski definition) is 0. The Hall–Kier alpha value is -2.36. The van der Waals surface area contributed by atoms with E-state index in [1.54, 1.807) is 4.90 Å². The zero-order valence-electron chi connectivity index (χ0n) is 12.1. The van der Waals surface area contributed by atoms with Gasteiger partial charge in [-0.15, -0.1) is 5.10 Å². The van der Waals surface area contributed by atoms with Gasteiger partial charge in [0, 0.05) is 26.2 Å². The Morgan fingerprint density at radius 1 is 1.32 bits per heavy atom. The number of rotatable bonds is 3. The van der Waals surface area contributed by atoms with Gasteiger partial charge in [-0.1, -0.05) is 5.21 Å². The average molecular weight is 309 g/mol. The minimum Gasteiger partial charge on any atom is -0.335 e. The van der Waals surface area contributed by atoms with Gasteiger partial charge in [0.05, 0.1) is 6.54 Å². The lowest BCUT2D eigenvalue weighted by atomic mass is 10.3. The molecule has 1 fully saturated rings. The number of aryl methyl sites for hydroxylation is 1. The maximum absolute atomic E-state index is 12.5. The van der Waals surface area contributed by atoms with Gasteiger partial charge in [-0.25, -0.2) is 18.6 Å². The highest BCUT2D eigenvalue weighted by atomic mass is 19.1. The Kier molecular flexibility index (Phi) is 3.84. The predicted octanol–water partition coefficient (Wildman–Crippen LogP) is -1.36. The van der Waals surface area contributed by atoms with Crippen LogP contribution in [0.15, 0.2) is 11.1 Å². The van der Waals surface area contributed by atoms with Crippen LogP contribution in [0, 0.1) is 0 Å². The van der Waals surface area contributed by atoms with E-state index in [1.807, 2.05) is 7.05 Å². The Bertz CT molecular complexity index is 748. The fourth-order valence-electron chi connectivity index (χ4n) is 2.37. The number of fused-ring (bicyclic) bond motifs is 1. The van der Waals surface area contributed by atoms with Gasteiger partial charge in [0.2, 0.25) is 0 Å². The van der Waals surface area contributed by atoms with Crippen molar-refractivity contribution in [3.63, 3.8) is 0 Å². The van der Waals surface area contributed by atoms with Crippen molar-refractivity contribution >= 4 is 11.6 Å². The molecule has 0 aliphatic carbocycles. The van der Waals surface area contributed by atoms with Crippen molar-refractivity contribution in [1.82, 2.24) is 34.2 Å². The number of carbonyl (C=O) groups is 1. The normalized spacial score (nSPS) is 16.4. The Balaban J connectivity index is 1.93. The van der Waals surface area contributed by atoms with E-state index >= 15 is 0 Å². The molecule has 0 aromatic carbocycles. The van der Waals surface area contributed by atoms with Crippen molar-refractivity contribution < 1.29 is 9.18 Å². The Morgan fingerprint density at radius 3 is 2.73 bits per heavy atom. The Labute approximate surface area is 124 Å². The van der Waals surface area contributed by atoms with Crippen LogP contribution >= 0.6 is 0 Å². The lowest BCUT2D eigenvalue weighted by Gasteiger charge is -2.31. The van der Waals surface area contributed by atoms with Gasteiger partial charge in [0.25, 0.3) is 5.91 Å². The largest absolute Gasteiger partial charge is 0.353 e. The summed E-state index contributed by atoms with van der Waals surface area (Å²) in [5.74, 6) is -0.271. The number of likely N-dealkylation sites (N-methyl/N-ethyl adjacent to an activating group) is 1. The minimum absolute atomic E-state index is 0.0987. The number of carbonyl (C=O) groups excluding carboxylic acids is 1. The second-order valence-corrected chi connectivity index (χ2v) is 5.17. The number of amides is 1. The number of nitrogens with zero attached hydrogens (tertiary/aromatic N) is 7. The van der Waals surface area contributed by atoms with Gasteiger partial charge < -0.3 is 9.80 Å². The van der Waals surface area contributed by atoms with E-state index in [9.17, 15) is 14.0 Å². The third-order valence-electron chi connectivity index (χ3n) is 3.71. The number of aromatic nitrogens is 5. The molecular weight excluding hydrogens is 293 g/mol. The molecule has 1 aliphatic heterocycles. The Morgan fingerprint density at radius 2 is 2.05 bits per heavy atom. The van der Waals surface area contributed by atoms with E-state index in [-0.39, 0.29) is 23.8 Å². The first-order valence-corrected chi connectivity index (χ1v) is 6.96. The van der Waals surface area contributed by atoms with Crippen molar-refractivity contribution in [2.24, 2.45) is 0 Å². The van der Waals surface area contributed by atoms with Crippen LogP contribution in [0.5, 0.6) is 0 Å². The standard InChI is InChI=1S/C12H16FN7O2/c1-17-4-6-18(7-5-17)11(21)9-10-15-16-20(3-2-13)12(22)19(10)8-14-9/h8H,2-7H2,1H3. The molecule has 9 nitrogen and oxygen atoms in total. The van der Waals surface area contributed by atoms with Crippen LogP contribution in [0.2, 0.25) is 0 Å². The van der Waals surface area contributed by atoms with Gasteiger partial charge in [-0.3, -0.25) is 4.79 Å². The molecule has 0 atom stereocenters. The third kappa shape index (κ3) is 2.45. The first kappa shape index (κ1) is 14.6. The molecule has 0 bridgehead atoms. The third-order valence-corrected chi connectivity index (χ3v) is 3.71. The molecule has 2 aromatic heterocycles. The van der Waals surface area contributed by atoms with Crippen molar-refractivity contribution in [1.29, 1.82) is 0 Å². The van der Waals surface area contributed by atoms with Crippen LogP contribution < -0.4 is 5.69 Å². The number of alkyl halides is 1. The maximum atomic E-state index is 12.5. The lowest BCUT2D eigenvalue weighted by molar-refractivity contribution is 0.0660. The SMILES string of the molecule is CN1CCN(C(=O)c2ncn3c(=O)n(CCF)nnc23)CC1. The smallest absolute Gasteiger partial charge is 0.335 e. The summed E-state index contributed by atoms with van der Waals surface area (Å²) in [6.07, 6.45) is 1.23. The number of halogens is 1. The summed E-state index contributed by atoms with van der Waals surface area (Å²) in [7, 11) is 1.99. The maximum Gasteiger partial charge on any atom is 0.353 e. The predicted molar refractivity (Wildman–Crippen MR) is 74.4 cm³/mol. The number of imidazole rings is 1. The first-order chi connectivity index (χ1) is 10.6. The second kappa shape index (κ2) is 5.79. The van der Waals surface area contributed by atoms with Crippen LogP contribution in [-0.4, -0.2) is 80.0 Å². The van der Waals surface area contributed by atoms with Crippen LogP contribution in [0.4, 0.5) is 4.39 Å². The van der Waals surface area contributed by atoms with Crippen LogP contribution in [-0.2, 0) is 6.54 Å². The highest BCUT2D eigenvalue weighted by molar-refractivity contribution is 5.97. The molecule has 3 rings (SSSR count). The molecule has 0 saturated carbocycles. The molecule has 2 aromatic rings. The van der Waals surface area contributed by atoms with Gasteiger partial charge in [-0.05, 0) is 7.05 Å². The van der Waals surface area contributed by atoms with Gasteiger partial charge in [0.15, 0.2) is 11.3 Å². The minimum atomic E-state index is -0.720. The summed E-state index contributed by atoms with van der Waals surface area (Å²) in [5.41, 5.74) is -0.363. The summed E-state index contributed by atoms with van der Waals surface area (Å²) in [4.78, 5) is 32.4. The number of piperazine rings is 1. The summed E-state index contributed by atoms with van der Waals surface area (Å²) < 4.78 is 14.4. The van der Waals surface area contributed by atoms with E-state index in [0.717, 1.165) is 22.2 Å². The van der Waals surface area contributed by atoms with E-state index in [0.29, 0.717) is 13.1 Å². The van der Waals surface area contributed by atoms with E-state index in [2.05, 4.69) is 20.2 Å². The molecule has 0 N–H and O–H groups in total. The fraction of sp³-hybridized carbons (Fsp3) is 0.583. The van der Waals surface area contributed by atoms with Gasteiger partial charge >= 0.3 is 5.69 Å². The van der Waals surface area contributed by atoms with Crippen molar-refractivity contribution in [2.45, 2.75) is 6.54 Å². The lowest BCUT2D eigenvalue weighted by Crippen LogP contribution is -2.47. The second-order valence-electron chi connectivity index (χ2n) is 5.17. The molecular formula is C12H16FN7O2. The van der Waals surface area contributed by atoms with Crippen LogP contribution in [0.1, 0.15) is 10.5 Å². The zero-order valence-corrected chi connectivity index (χ0v) is 12.1. The molecule has 0 radical (unpaired) electrons. The quantitative estimate of drug-likeness (QED) is 0.696. The highest BCUT2D eigenvalue weighted by Crippen LogP contribution is 2.09. The van der Waals surface area contributed by atoms with Crippen molar-refractivity contribution in [3.05, 3.63) is 22.5 Å². The average Bonchev–Trinajstić information content (AvgIpc) is 2.95. The molecule has 0 spiro atoms. The van der Waals surface area contributed by atoms with Crippen LogP contribution in [0.3, 0.4) is 0 Å². The zero-order chi connectivity index (χ0) is 15.7. The molecule has 118 valence electrons. The van der Waals surface area contributed by atoms with Crippen molar-refractivity contribution in [3.8, 4) is 0 Å². The fourth-order valence-corrected chi connectivity index (χ4v) is 2.37.